The molecule has 0 fully saturated rings. The molecule has 224 valence electrons. The number of aliphatic hydroxyl groups excluding tert-OH is 1. The van der Waals surface area contributed by atoms with Crippen molar-refractivity contribution in [3.63, 3.8) is 0 Å². The summed E-state index contributed by atoms with van der Waals surface area (Å²) in [5.74, 6) is 0.494. The van der Waals surface area contributed by atoms with Gasteiger partial charge in [-0.2, -0.15) is 0 Å². The number of aliphatic imine (C=N–C) groups is 1. The van der Waals surface area contributed by atoms with Crippen molar-refractivity contribution in [1.29, 1.82) is 0 Å². The summed E-state index contributed by atoms with van der Waals surface area (Å²) in [7, 11) is 0. The average Bonchev–Trinajstić information content (AvgIpc) is 3.43. The van der Waals surface area contributed by atoms with Gasteiger partial charge in [-0.15, -0.1) is 0 Å². The molecular weight excluding hydrogens is 580 g/mol. The number of carbonyl (C=O) groups excluding carboxylic acids is 1. The van der Waals surface area contributed by atoms with Gasteiger partial charge >= 0.3 is 0 Å². The predicted molar refractivity (Wildman–Crippen MR) is 169 cm³/mol. The second-order valence-electron chi connectivity index (χ2n) is 10.1. The maximum atomic E-state index is 14.3. The Morgan fingerprint density at radius 2 is 1.82 bits per heavy atom. The number of azide groups is 1. The molecule has 0 aromatic heterocycles. The number of nitrogens with one attached hydrogen (secondary N) is 2. The fraction of sp³-hybridized carbons (Fsp3) is 0.212. The van der Waals surface area contributed by atoms with Gasteiger partial charge in [-0.05, 0) is 58.6 Å². The molecule has 0 spiro atoms. The van der Waals surface area contributed by atoms with Crippen molar-refractivity contribution in [1.82, 2.24) is 10.9 Å². The molecule has 2 atom stereocenters. The van der Waals surface area contributed by atoms with E-state index in [1.807, 2.05) is 72.8 Å². The van der Waals surface area contributed by atoms with Crippen LogP contribution in [0.5, 0.6) is 5.75 Å². The van der Waals surface area contributed by atoms with E-state index in [1.165, 1.54) is 0 Å². The van der Waals surface area contributed by atoms with E-state index < -0.39 is 17.6 Å². The Kier molecular flexibility index (Phi) is 10.1. The molecule has 5 rings (SSSR count). The van der Waals surface area contributed by atoms with Crippen LogP contribution in [-0.2, 0) is 22.5 Å². The molecule has 0 aliphatic carbocycles. The van der Waals surface area contributed by atoms with Crippen LogP contribution in [0.3, 0.4) is 0 Å². The van der Waals surface area contributed by atoms with Crippen LogP contribution in [-0.4, -0.2) is 35.7 Å². The zero-order valence-electron chi connectivity index (χ0n) is 23.8. The van der Waals surface area contributed by atoms with Crippen molar-refractivity contribution < 1.29 is 19.4 Å². The minimum atomic E-state index is -1.49. The summed E-state index contributed by atoms with van der Waals surface area (Å²) in [6.45, 7) is 0.757. The van der Waals surface area contributed by atoms with E-state index in [1.54, 1.807) is 30.3 Å². The summed E-state index contributed by atoms with van der Waals surface area (Å²) >= 11 is 6.14. The first-order valence-electron chi connectivity index (χ1n) is 14.1. The normalized spacial score (nSPS) is 17.2. The third kappa shape index (κ3) is 7.19. The number of carbonyl (C=O) groups is 1. The highest BCUT2D eigenvalue weighted by molar-refractivity contribution is 6.30. The molecule has 1 aliphatic heterocycles. The number of benzene rings is 4. The second-order valence-corrected chi connectivity index (χ2v) is 10.6. The first-order chi connectivity index (χ1) is 21.5. The van der Waals surface area contributed by atoms with Crippen molar-refractivity contribution in [2.24, 2.45) is 10.1 Å². The van der Waals surface area contributed by atoms with Crippen molar-refractivity contribution in [3.05, 3.63) is 141 Å². The average molecular weight is 611 g/mol. The second kappa shape index (κ2) is 14.5. The van der Waals surface area contributed by atoms with Crippen LogP contribution in [0.2, 0.25) is 5.02 Å². The summed E-state index contributed by atoms with van der Waals surface area (Å²) in [5.41, 5.74) is 16.9. The highest BCUT2D eigenvalue weighted by Crippen LogP contribution is 2.43. The number of amides is 1. The lowest BCUT2D eigenvalue weighted by molar-refractivity contribution is -0.130. The van der Waals surface area contributed by atoms with E-state index in [0.29, 0.717) is 47.2 Å². The van der Waals surface area contributed by atoms with Gasteiger partial charge < -0.3 is 14.6 Å². The summed E-state index contributed by atoms with van der Waals surface area (Å²) in [6.07, 6.45) is -0.208. The van der Waals surface area contributed by atoms with Gasteiger partial charge in [-0.25, -0.2) is 10.4 Å². The molecule has 10 nitrogen and oxygen atoms in total. The summed E-state index contributed by atoms with van der Waals surface area (Å²) in [5, 5.41) is 13.5. The number of hydrazine groups is 1. The van der Waals surface area contributed by atoms with Gasteiger partial charge in [0.2, 0.25) is 5.90 Å². The minimum Gasteiger partial charge on any atom is -0.494 e. The van der Waals surface area contributed by atoms with Crippen LogP contribution in [0.25, 0.3) is 10.4 Å². The number of nitrogens with zero attached hydrogens (tertiary/aromatic N) is 4. The van der Waals surface area contributed by atoms with Crippen LogP contribution in [0.4, 0.5) is 5.69 Å². The van der Waals surface area contributed by atoms with Gasteiger partial charge in [0.05, 0.1) is 6.61 Å². The highest BCUT2D eigenvalue weighted by atomic mass is 35.5. The molecule has 0 bridgehead atoms. The van der Waals surface area contributed by atoms with E-state index in [0.717, 1.165) is 11.1 Å². The van der Waals surface area contributed by atoms with Gasteiger partial charge in [-0.1, -0.05) is 83.4 Å². The first kappa shape index (κ1) is 30.6. The van der Waals surface area contributed by atoms with Crippen LogP contribution >= 0.6 is 11.6 Å². The smallest absolute Gasteiger partial charge is 0.266 e. The van der Waals surface area contributed by atoms with Crippen LogP contribution in [0.15, 0.2) is 113 Å². The van der Waals surface area contributed by atoms with Crippen molar-refractivity contribution in [2.75, 3.05) is 13.2 Å². The quantitative estimate of drug-likeness (QED) is 0.0531. The summed E-state index contributed by atoms with van der Waals surface area (Å²) in [4.78, 5) is 22.3. The standard InChI is InChI=1S/C33H31ClN6O4/c34-27-12-6-8-23(20-27)22-36-39-32(42)33(21-26-11-4-5-13-29(26)38-40-35)30(24-9-2-1-3-10-24)44-31(37-33)25-14-16-28(17-15-25)43-19-7-18-41/h1-6,8-17,20,30,36,41H,7,18-19,21-22H2,(H,39,42)/t30-,33-/m0/s1. The third-order valence-corrected chi connectivity index (χ3v) is 7.35. The maximum absolute atomic E-state index is 14.3. The Labute approximate surface area is 259 Å². The minimum absolute atomic E-state index is 0.0461. The van der Waals surface area contributed by atoms with E-state index >= 15 is 0 Å². The molecular formula is C33H31ClN6O4. The topological polar surface area (TPSA) is 141 Å². The Hall–Kier alpha value is -4.86. The number of hydrogen-bond acceptors (Lipinski definition) is 7. The summed E-state index contributed by atoms with van der Waals surface area (Å²) < 4.78 is 12.2. The molecule has 1 heterocycles. The zero-order chi connectivity index (χ0) is 30.8. The van der Waals surface area contributed by atoms with E-state index in [-0.39, 0.29) is 18.9 Å². The predicted octanol–water partition coefficient (Wildman–Crippen LogP) is 6.36. The molecule has 11 heteroatoms. The molecule has 1 aliphatic rings. The number of halogens is 1. The van der Waals surface area contributed by atoms with Gasteiger partial charge in [0.25, 0.3) is 5.91 Å². The van der Waals surface area contributed by atoms with Gasteiger partial charge in [0.1, 0.15) is 5.75 Å². The van der Waals surface area contributed by atoms with Crippen LogP contribution in [0, 0.1) is 0 Å². The van der Waals surface area contributed by atoms with Crippen LogP contribution in [0.1, 0.15) is 34.8 Å². The zero-order valence-corrected chi connectivity index (χ0v) is 24.5. The molecule has 0 saturated carbocycles. The van der Waals surface area contributed by atoms with Crippen molar-refractivity contribution >= 4 is 29.1 Å². The lowest BCUT2D eigenvalue weighted by Gasteiger charge is -2.31. The van der Waals surface area contributed by atoms with E-state index in [9.17, 15) is 10.3 Å². The Bertz CT molecular complexity index is 1660. The largest absolute Gasteiger partial charge is 0.494 e. The third-order valence-electron chi connectivity index (χ3n) is 7.12. The number of aliphatic hydroxyl groups is 1. The first-order valence-corrected chi connectivity index (χ1v) is 14.5. The van der Waals surface area contributed by atoms with Gasteiger partial charge in [0.15, 0.2) is 11.6 Å². The molecule has 44 heavy (non-hydrogen) atoms. The Morgan fingerprint density at radius 3 is 2.57 bits per heavy atom. The number of ether oxygens (including phenoxy) is 2. The van der Waals surface area contributed by atoms with E-state index in [2.05, 4.69) is 20.9 Å². The monoisotopic (exact) mass is 610 g/mol. The van der Waals surface area contributed by atoms with E-state index in [4.69, 9.17) is 31.2 Å². The van der Waals surface area contributed by atoms with Crippen molar-refractivity contribution in [3.8, 4) is 5.75 Å². The maximum Gasteiger partial charge on any atom is 0.266 e. The van der Waals surface area contributed by atoms with Gasteiger partial charge in [0, 0.05) is 47.2 Å². The molecule has 0 radical (unpaired) electrons. The molecule has 4 aromatic carbocycles. The Morgan fingerprint density at radius 1 is 1.05 bits per heavy atom. The number of rotatable bonds is 13. The molecule has 0 unspecified atom stereocenters. The molecule has 1 amide bonds. The lowest BCUT2D eigenvalue weighted by atomic mass is 9.81. The Balaban J connectivity index is 1.54. The summed E-state index contributed by atoms with van der Waals surface area (Å²) in [6, 6.07) is 31.1. The highest BCUT2D eigenvalue weighted by Gasteiger charge is 2.53. The lowest BCUT2D eigenvalue weighted by Crippen LogP contribution is -2.53. The fourth-order valence-corrected chi connectivity index (χ4v) is 5.20. The number of hydrogen-bond donors (Lipinski definition) is 3. The fourth-order valence-electron chi connectivity index (χ4n) is 4.99. The van der Waals surface area contributed by atoms with Gasteiger partial charge in [-0.3, -0.25) is 10.2 Å². The van der Waals surface area contributed by atoms with Crippen LogP contribution < -0.4 is 15.6 Å². The SMILES string of the molecule is [N-]=[N+]=Nc1ccccc1C[C@]1(C(=O)NNCc2cccc(Cl)c2)N=C(c2ccc(OCCCO)cc2)O[C@H]1c1ccccc1. The molecule has 4 aromatic rings. The molecule has 3 N–H and O–H groups in total. The molecule has 0 saturated heterocycles. The van der Waals surface area contributed by atoms with Crippen molar-refractivity contribution in [2.45, 2.75) is 31.0 Å².